The van der Waals surface area contributed by atoms with Gasteiger partial charge in [-0.05, 0) is 20.8 Å². The number of hydrogen-bond donors (Lipinski definition) is 0. The van der Waals surface area contributed by atoms with Gasteiger partial charge in [-0.15, -0.1) is 0 Å². The molecule has 0 N–H and O–H groups in total. The lowest BCUT2D eigenvalue weighted by molar-refractivity contribution is -0.115. The van der Waals surface area contributed by atoms with Gasteiger partial charge < -0.3 is 12.6 Å². The van der Waals surface area contributed by atoms with Gasteiger partial charge in [0.25, 0.3) is 0 Å². The molecule has 0 spiro atoms. The number of aliphatic imine (C=N–C) groups is 1. The number of amides is 1. The van der Waals surface area contributed by atoms with Crippen molar-refractivity contribution in [2.45, 2.75) is 27.7 Å². The molecule has 0 aromatic carbocycles. The van der Waals surface area contributed by atoms with Gasteiger partial charge in [0.1, 0.15) is 0 Å². The molecule has 0 heterocycles. The van der Waals surface area contributed by atoms with E-state index in [1.54, 1.807) is 0 Å². The Balaban J connectivity index is 4.83. The molecule has 4 heteroatoms. The van der Waals surface area contributed by atoms with Gasteiger partial charge >= 0.3 is 0 Å². The van der Waals surface area contributed by atoms with E-state index in [-0.39, 0.29) is 5.91 Å². The van der Waals surface area contributed by atoms with Crippen LogP contribution in [0.1, 0.15) is 27.7 Å². The maximum Gasteiger partial charge on any atom is 0.244 e. The van der Waals surface area contributed by atoms with E-state index in [2.05, 4.69) is 25.8 Å². The summed E-state index contributed by atoms with van der Waals surface area (Å²) in [6.07, 6.45) is 3.20. The molecule has 0 aromatic rings. The summed E-state index contributed by atoms with van der Waals surface area (Å²) in [6.45, 7) is 7.89. The fourth-order valence-corrected chi connectivity index (χ4v) is 5.11. The monoisotopic (exact) mass is 219 g/mol. The zero-order valence-electron chi connectivity index (χ0n) is 8.83. The van der Waals surface area contributed by atoms with Crippen LogP contribution in [-0.2, 0) is 17.4 Å². The summed E-state index contributed by atoms with van der Waals surface area (Å²) in [5, 5.41) is 0. The quantitative estimate of drug-likeness (QED) is 0.315. The molecule has 0 bridgehead atoms. The van der Waals surface area contributed by atoms with Crippen LogP contribution in [-0.4, -0.2) is 29.2 Å². The van der Waals surface area contributed by atoms with Crippen LogP contribution < -0.4 is 0 Å². The average molecular weight is 219 g/mol. The van der Waals surface area contributed by atoms with Crippen molar-refractivity contribution in [2.75, 3.05) is 18.5 Å². The highest BCUT2D eigenvalue weighted by Crippen LogP contribution is 2.58. The molecule has 0 atom stereocenters. The summed E-state index contributed by atoms with van der Waals surface area (Å²) < 4.78 is 0. The van der Waals surface area contributed by atoms with E-state index >= 15 is 0 Å². The molecule has 0 rings (SSSR count). The van der Waals surface area contributed by atoms with Gasteiger partial charge in [-0.3, -0.25) is 4.79 Å². The molecule has 1 amide bonds. The molecule has 0 saturated heterocycles. The largest absolute Gasteiger partial charge is 0.721 e. The zero-order valence-corrected chi connectivity index (χ0v) is 10.5. The molecule has 0 saturated carbocycles. The van der Waals surface area contributed by atoms with Gasteiger partial charge in [-0.2, -0.15) is 0 Å². The topological polar surface area (TPSA) is 29.4 Å². The van der Waals surface area contributed by atoms with E-state index < -0.39 is 7.26 Å². The first-order chi connectivity index (χ1) is 6.02. The first kappa shape index (κ1) is 13.0. The third kappa shape index (κ3) is 3.32. The van der Waals surface area contributed by atoms with Gasteiger partial charge in [0.2, 0.25) is 5.91 Å². The first-order valence-corrected chi connectivity index (χ1v) is 7.40. The maximum absolute atomic E-state index is 10.8. The number of carbonyl (C=O) groups is 1. The third-order valence-corrected chi connectivity index (χ3v) is 8.27. The van der Waals surface area contributed by atoms with E-state index in [4.69, 9.17) is 12.6 Å². The molecular weight excluding hydrogens is 201 g/mol. The minimum absolute atomic E-state index is 0.162. The number of nitrogens with zero attached hydrogens (tertiary/aromatic N) is 1. The smallest absolute Gasteiger partial charge is 0.244 e. The standard InChI is InChI=1S/C9H18NOPS/c1-5-12(6-2,7-3)9(13)10-8(4)11/h5-7H2,1-4H3. The van der Waals surface area contributed by atoms with Crippen molar-refractivity contribution in [3.63, 3.8) is 0 Å². The zero-order chi connectivity index (χ0) is 10.5. The van der Waals surface area contributed by atoms with E-state index in [1.165, 1.54) is 6.92 Å². The summed E-state index contributed by atoms with van der Waals surface area (Å²) in [5.74, 6) is -0.162. The normalized spacial score (nSPS) is 13.1. The second kappa shape index (κ2) is 5.66. The fourth-order valence-electron chi connectivity index (χ4n) is 1.32. The van der Waals surface area contributed by atoms with Crippen molar-refractivity contribution in [1.29, 1.82) is 0 Å². The molecule has 0 radical (unpaired) electrons. The van der Waals surface area contributed by atoms with E-state index in [1.807, 2.05) is 0 Å². The van der Waals surface area contributed by atoms with Crippen LogP contribution in [0.4, 0.5) is 0 Å². The average Bonchev–Trinajstić information content (AvgIpc) is 2.07. The van der Waals surface area contributed by atoms with Gasteiger partial charge in [0, 0.05) is 19.0 Å². The Kier molecular flexibility index (Phi) is 5.66. The SMILES string of the molecule is CC[P+](CC)(CC)C([S-])=NC(C)=O. The first-order valence-electron chi connectivity index (χ1n) is 4.65. The van der Waals surface area contributed by atoms with Crippen LogP contribution in [0, 0.1) is 0 Å². The fraction of sp³-hybridized carbons (Fsp3) is 0.778. The highest BCUT2D eigenvalue weighted by Gasteiger charge is 2.31. The van der Waals surface area contributed by atoms with Crippen LogP contribution in [0.15, 0.2) is 4.99 Å². The number of carbonyl (C=O) groups excluding carboxylic acids is 1. The second-order valence-electron chi connectivity index (χ2n) is 3.01. The summed E-state index contributed by atoms with van der Waals surface area (Å²) >= 11 is 5.22. The Morgan fingerprint density at radius 3 is 1.85 bits per heavy atom. The Bertz CT molecular complexity index is 203. The minimum atomic E-state index is -1.24. The maximum atomic E-state index is 10.8. The molecule has 0 aromatic heterocycles. The van der Waals surface area contributed by atoms with Gasteiger partial charge in [0.05, 0.1) is 18.5 Å². The lowest BCUT2D eigenvalue weighted by Crippen LogP contribution is -2.13. The Labute approximate surface area is 87.0 Å². The summed E-state index contributed by atoms with van der Waals surface area (Å²) in [7, 11) is -1.24. The van der Waals surface area contributed by atoms with Crippen LogP contribution in [0.3, 0.4) is 0 Å². The Morgan fingerprint density at radius 2 is 1.62 bits per heavy atom. The van der Waals surface area contributed by atoms with E-state index in [9.17, 15) is 4.79 Å². The molecule has 13 heavy (non-hydrogen) atoms. The van der Waals surface area contributed by atoms with Crippen LogP contribution >= 0.6 is 7.26 Å². The predicted molar refractivity (Wildman–Crippen MR) is 64.0 cm³/mol. The van der Waals surface area contributed by atoms with Crippen molar-refractivity contribution in [2.24, 2.45) is 4.99 Å². The lowest BCUT2D eigenvalue weighted by atomic mass is 10.8. The molecule has 0 unspecified atom stereocenters. The van der Waals surface area contributed by atoms with Gasteiger partial charge in [-0.25, -0.2) is 4.99 Å². The number of hydrogen-bond acceptors (Lipinski definition) is 2. The Morgan fingerprint density at radius 1 is 1.23 bits per heavy atom. The van der Waals surface area contributed by atoms with Crippen LogP contribution in [0.25, 0.3) is 0 Å². The third-order valence-electron chi connectivity index (χ3n) is 2.47. The highest BCUT2D eigenvalue weighted by molar-refractivity contribution is 8.11. The van der Waals surface area contributed by atoms with Crippen molar-refractivity contribution >= 4 is 30.6 Å². The molecular formula is C9H18NOPS. The molecule has 2 nitrogen and oxygen atoms in total. The van der Waals surface area contributed by atoms with Crippen LogP contribution in [0.2, 0.25) is 0 Å². The summed E-state index contributed by atoms with van der Waals surface area (Å²) in [5.41, 5.74) is 0. The van der Waals surface area contributed by atoms with Crippen LogP contribution in [0.5, 0.6) is 0 Å². The second-order valence-corrected chi connectivity index (χ2v) is 8.31. The molecule has 0 aliphatic heterocycles. The van der Waals surface area contributed by atoms with E-state index in [0.29, 0.717) is 4.78 Å². The minimum Gasteiger partial charge on any atom is -0.721 e. The van der Waals surface area contributed by atoms with Crippen molar-refractivity contribution < 1.29 is 4.79 Å². The number of rotatable bonds is 4. The van der Waals surface area contributed by atoms with E-state index in [0.717, 1.165) is 18.5 Å². The van der Waals surface area contributed by atoms with Crippen molar-refractivity contribution in [3.05, 3.63) is 0 Å². The van der Waals surface area contributed by atoms with Gasteiger partial charge in [0.15, 0.2) is 0 Å². The summed E-state index contributed by atoms with van der Waals surface area (Å²) in [6, 6.07) is 0. The van der Waals surface area contributed by atoms with Crippen molar-refractivity contribution in [1.82, 2.24) is 0 Å². The molecule has 0 fully saturated rings. The molecule has 76 valence electrons. The Hall–Kier alpha value is -0.0100. The van der Waals surface area contributed by atoms with Crippen molar-refractivity contribution in [3.8, 4) is 0 Å². The summed E-state index contributed by atoms with van der Waals surface area (Å²) in [4.78, 5) is 15.4. The van der Waals surface area contributed by atoms with Gasteiger partial charge in [-0.1, -0.05) is 0 Å². The predicted octanol–water partition coefficient (Wildman–Crippen LogP) is 2.51. The molecule has 0 aliphatic rings. The molecule has 0 aliphatic carbocycles. The highest BCUT2D eigenvalue weighted by atomic mass is 32.1. The lowest BCUT2D eigenvalue weighted by Gasteiger charge is -2.28.